The summed E-state index contributed by atoms with van der Waals surface area (Å²) in [5, 5.41) is 12.3. The van der Waals surface area contributed by atoms with Gasteiger partial charge in [0.05, 0.1) is 18.3 Å². The smallest absolute Gasteiger partial charge is 0.0611 e. The van der Waals surface area contributed by atoms with Crippen LogP contribution in [-0.4, -0.2) is 36.0 Å². The quantitative estimate of drug-likeness (QED) is 0.712. The van der Waals surface area contributed by atoms with Crippen molar-refractivity contribution in [3.05, 3.63) is 0 Å². The van der Waals surface area contributed by atoms with Crippen LogP contribution in [0, 0.1) is 0 Å². The molecule has 14 heavy (non-hydrogen) atoms. The Morgan fingerprint density at radius 1 is 1.29 bits per heavy atom. The molecule has 0 aromatic carbocycles. The zero-order chi connectivity index (χ0) is 11.4. The lowest BCUT2D eigenvalue weighted by atomic mass is 9.96. The summed E-state index contributed by atoms with van der Waals surface area (Å²) in [7, 11) is 1.86. The van der Waals surface area contributed by atoms with E-state index in [1.807, 2.05) is 41.7 Å². The zero-order valence-corrected chi connectivity index (χ0v) is 10.3. The van der Waals surface area contributed by atoms with E-state index in [0.29, 0.717) is 0 Å². The van der Waals surface area contributed by atoms with Gasteiger partial charge in [0.25, 0.3) is 0 Å². The van der Waals surface area contributed by atoms with Gasteiger partial charge in [0.1, 0.15) is 0 Å². The zero-order valence-electron chi connectivity index (χ0n) is 10.3. The van der Waals surface area contributed by atoms with Crippen LogP contribution >= 0.6 is 0 Å². The molecule has 0 amide bonds. The topological polar surface area (TPSA) is 41.5 Å². The van der Waals surface area contributed by atoms with E-state index < -0.39 is 0 Å². The fourth-order valence-corrected chi connectivity index (χ4v) is 1.53. The summed E-state index contributed by atoms with van der Waals surface area (Å²) in [5.74, 6) is 0. The summed E-state index contributed by atoms with van der Waals surface area (Å²) in [4.78, 5) is 0. The number of ether oxygens (including phenoxy) is 1. The molecule has 0 aromatic heterocycles. The maximum absolute atomic E-state index is 9.21. The Morgan fingerprint density at radius 2 is 1.79 bits per heavy atom. The molecule has 0 heterocycles. The van der Waals surface area contributed by atoms with Crippen LogP contribution in [0.15, 0.2) is 0 Å². The van der Waals surface area contributed by atoms with Gasteiger partial charge in [0.15, 0.2) is 0 Å². The number of hydrogen-bond donors (Lipinski definition) is 2. The van der Waals surface area contributed by atoms with Crippen LogP contribution in [0.1, 0.15) is 41.0 Å². The molecule has 0 bridgehead atoms. The van der Waals surface area contributed by atoms with Crippen LogP contribution in [0.5, 0.6) is 0 Å². The van der Waals surface area contributed by atoms with Crippen LogP contribution in [0.25, 0.3) is 0 Å². The second kappa shape index (κ2) is 5.10. The summed E-state index contributed by atoms with van der Waals surface area (Å²) in [6.45, 7) is 10.3. The maximum Gasteiger partial charge on any atom is 0.0611 e. The van der Waals surface area contributed by atoms with E-state index in [0.717, 1.165) is 6.42 Å². The molecule has 0 saturated carbocycles. The van der Waals surface area contributed by atoms with Gasteiger partial charge in [-0.3, -0.25) is 0 Å². The van der Waals surface area contributed by atoms with Crippen molar-refractivity contribution in [2.24, 2.45) is 0 Å². The molecule has 0 saturated heterocycles. The average Bonchev–Trinajstić information content (AvgIpc) is 2.00. The van der Waals surface area contributed by atoms with Crippen LogP contribution in [0.2, 0.25) is 0 Å². The Balaban J connectivity index is 4.10. The van der Waals surface area contributed by atoms with Crippen molar-refractivity contribution >= 4 is 0 Å². The lowest BCUT2D eigenvalue weighted by Gasteiger charge is -2.33. The molecule has 86 valence electrons. The minimum Gasteiger partial charge on any atom is -0.394 e. The molecular formula is C11H25NO2. The van der Waals surface area contributed by atoms with Crippen LogP contribution in [-0.2, 0) is 4.74 Å². The van der Waals surface area contributed by atoms with Crippen LogP contribution in [0.3, 0.4) is 0 Å². The summed E-state index contributed by atoms with van der Waals surface area (Å²) in [6.07, 6.45) is 0.941. The third-order valence-corrected chi connectivity index (χ3v) is 2.25. The summed E-state index contributed by atoms with van der Waals surface area (Å²) in [5.41, 5.74) is -0.367. The highest BCUT2D eigenvalue weighted by Crippen LogP contribution is 2.18. The minimum atomic E-state index is -0.245. The SMILES string of the molecule is CNC(C)(CO)CC(C)OC(C)(C)C. The lowest BCUT2D eigenvalue weighted by Crippen LogP contribution is -2.46. The fraction of sp³-hybridized carbons (Fsp3) is 1.00. The number of aliphatic hydroxyl groups excluding tert-OH is 1. The molecule has 0 aromatic rings. The van der Waals surface area contributed by atoms with E-state index >= 15 is 0 Å². The lowest BCUT2D eigenvalue weighted by molar-refractivity contribution is -0.0662. The van der Waals surface area contributed by atoms with Gasteiger partial charge in [-0.05, 0) is 48.1 Å². The van der Waals surface area contributed by atoms with E-state index in [-0.39, 0.29) is 23.9 Å². The van der Waals surface area contributed by atoms with E-state index in [9.17, 15) is 5.11 Å². The summed E-state index contributed by atoms with van der Waals surface area (Å²) < 4.78 is 5.79. The molecule has 0 radical (unpaired) electrons. The van der Waals surface area contributed by atoms with Crippen LogP contribution < -0.4 is 5.32 Å². The number of aliphatic hydroxyl groups is 1. The van der Waals surface area contributed by atoms with Crippen molar-refractivity contribution in [2.75, 3.05) is 13.7 Å². The van der Waals surface area contributed by atoms with Crippen molar-refractivity contribution in [3.8, 4) is 0 Å². The average molecular weight is 203 g/mol. The molecule has 0 aliphatic heterocycles. The first-order valence-electron chi connectivity index (χ1n) is 5.20. The van der Waals surface area contributed by atoms with Gasteiger partial charge >= 0.3 is 0 Å². The van der Waals surface area contributed by atoms with Crippen molar-refractivity contribution in [1.29, 1.82) is 0 Å². The molecule has 0 aliphatic carbocycles. The van der Waals surface area contributed by atoms with Gasteiger partial charge in [-0.25, -0.2) is 0 Å². The number of nitrogens with one attached hydrogen (secondary N) is 1. The molecule has 0 spiro atoms. The summed E-state index contributed by atoms with van der Waals surface area (Å²) in [6, 6.07) is 0. The first kappa shape index (κ1) is 13.9. The Labute approximate surface area is 87.8 Å². The van der Waals surface area contributed by atoms with E-state index in [1.54, 1.807) is 0 Å². The highest BCUT2D eigenvalue weighted by molar-refractivity contribution is 4.83. The molecule has 2 N–H and O–H groups in total. The highest BCUT2D eigenvalue weighted by atomic mass is 16.5. The third kappa shape index (κ3) is 5.58. The predicted molar refractivity (Wildman–Crippen MR) is 59.5 cm³/mol. The van der Waals surface area contributed by atoms with Gasteiger partial charge in [-0.15, -0.1) is 0 Å². The Hall–Kier alpha value is -0.120. The molecule has 3 nitrogen and oxygen atoms in total. The first-order chi connectivity index (χ1) is 6.22. The Kier molecular flexibility index (Phi) is 5.06. The van der Waals surface area contributed by atoms with Gasteiger partial charge < -0.3 is 15.2 Å². The van der Waals surface area contributed by atoms with Crippen LogP contribution in [0.4, 0.5) is 0 Å². The minimum absolute atomic E-state index is 0.122. The van der Waals surface area contributed by atoms with E-state index in [1.165, 1.54) is 0 Å². The normalized spacial score (nSPS) is 19.1. The van der Waals surface area contributed by atoms with Gasteiger partial charge in [0, 0.05) is 5.54 Å². The molecule has 0 fully saturated rings. The standard InChI is InChI=1S/C11H25NO2/c1-9(14-10(2,3)4)7-11(5,8-13)12-6/h9,12-13H,7-8H2,1-6H3. The van der Waals surface area contributed by atoms with Crippen molar-refractivity contribution in [2.45, 2.75) is 58.3 Å². The van der Waals surface area contributed by atoms with Gasteiger partial charge in [-0.1, -0.05) is 0 Å². The molecular weight excluding hydrogens is 178 g/mol. The fourth-order valence-electron chi connectivity index (χ4n) is 1.53. The number of likely N-dealkylation sites (N-methyl/N-ethyl adjacent to an activating group) is 1. The largest absolute Gasteiger partial charge is 0.394 e. The number of rotatable bonds is 5. The second-order valence-electron chi connectivity index (χ2n) is 5.21. The molecule has 0 aliphatic rings. The first-order valence-corrected chi connectivity index (χ1v) is 5.20. The highest BCUT2D eigenvalue weighted by Gasteiger charge is 2.26. The number of hydrogen-bond acceptors (Lipinski definition) is 3. The molecule has 3 heteroatoms. The van der Waals surface area contributed by atoms with Gasteiger partial charge in [0.2, 0.25) is 0 Å². The molecule has 2 unspecified atom stereocenters. The molecule has 0 rings (SSSR count). The second-order valence-corrected chi connectivity index (χ2v) is 5.21. The monoisotopic (exact) mass is 203 g/mol. The Morgan fingerprint density at radius 3 is 2.07 bits per heavy atom. The third-order valence-electron chi connectivity index (χ3n) is 2.25. The van der Waals surface area contributed by atoms with Crippen molar-refractivity contribution in [1.82, 2.24) is 5.32 Å². The Bertz CT molecular complexity index is 159. The van der Waals surface area contributed by atoms with Gasteiger partial charge in [-0.2, -0.15) is 0 Å². The van der Waals surface area contributed by atoms with Crippen molar-refractivity contribution in [3.63, 3.8) is 0 Å². The predicted octanol–water partition coefficient (Wildman–Crippen LogP) is 1.55. The molecule has 2 atom stereocenters. The van der Waals surface area contributed by atoms with Crippen molar-refractivity contribution < 1.29 is 9.84 Å². The van der Waals surface area contributed by atoms with E-state index in [2.05, 4.69) is 5.32 Å². The van der Waals surface area contributed by atoms with E-state index in [4.69, 9.17) is 4.74 Å². The maximum atomic E-state index is 9.21. The summed E-state index contributed by atoms with van der Waals surface area (Å²) >= 11 is 0.